The van der Waals surface area contributed by atoms with Crippen LogP contribution in [0, 0.1) is 11.3 Å². The number of hydrogen-bond donors (Lipinski definition) is 0. The quantitative estimate of drug-likeness (QED) is 0.530. The van der Waals surface area contributed by atoms with E-state index in [1.807, 2.05) is 6.07 Å². The van der Waals surface area contributed by atoms with Gasteiger partial charge in [-0.05, 0) is 24.3 Å². The molecule has 0 amide bonds. The maximum Gasteiger partial charge on any atom is 0.242 e. The maximum atomic E-state index is 12.9. The van der Waals surface area contributed by atoms with Crippen LogP contribution in [0.4, 0.5) is 0 Å². The van der Waals surface area contributed by atoms with Crippen molar-refractivity contribution in [3.8, 4) is 17.3 Å². The molecule has 0 aliphatic carbocycles. The molecular formula is C20H16ClN3O3S2. The number of thiazole rings is 1. The summed E-state index contributed by atoms with van der Waals surface area (Å²) in [6.45, 7) is 0. The number of sulfonamides is 1. The van der Waals surface area contributed by atoms with Crippen LogP contribution in [0.3, 0.4) is 0 Å². The fourth-order valence-corrected chi connectivity index (χ4v) is 4.53. The fraction of sp³-hybridized carbons (Fsp3) is 0.150. The van der Waals surface area contributed by atoms with Crippen molar-refractivity contribution in [3.63, 3.8) is 0 Å². The lowest BCUT2D eigenvalue weighted by atomic mass is 9.99. The molecule has 0 unspecified atom stereocenters. The van der Waals surface area contributed by atoms with E-state index in [0.29, 0.717) is 15.7 Å². The van der Waals surface area contributed by atoms with E-state index in [1.54, 1.807) is 29.6 Å². The SMILES string of the molecule is CN(C)S(=O)(=O)c1cccc(C(=O)[C@H](C#N)c2nc(-c3ccc(Cl)cc3)cs2)c1. The number of aromatic nitrogens is 1. The predicted molar refractivity (Wildman–Crippen MR) is 113 cm³/mol. The van der Waals surface area contributed by atoms with E-state index in [0.717, 1.165) is 9.87 Å². The highest BCUT2D eigenvalue weighted by Gasteiger charge is 2.27. The van der Waals surface area contributed by atoms with Gasteiger partial charge in [-0.2, -0.15) is 5.26 Å². The highest BCUT2D eigenvalue weighted by atomic mass is 35.5. The summed E-state index contributed by atoms with van der Waals surface area (Å²) < 4.78 is 25.7. The summed E-state index contributed by atoms with van der Waals surface area (Å²) in [6, 6.07) is 14.8. The molecule has 0 fully saturated rings. The zero-order chi connectivity index (χ0) is 21.2. The molecule has 0 saturated heterocycles. The summed E-state index contributed by atoms with van der Waals surface area (Å²) in [5, 5.41) is 12.3. The van der Waals surface area contributed by atoms with Gasteiger partial charge in [-0.3, -0.25) is 4.79 Å². The Labute approximate surface area is 178 Å². The molecule has 0 aliphatic rings. The van der Waals surface area contributed by atoms with Crippen LogP contribution >= 0.6 is 22.9 Å². The van der Waals surface area contributed by atoms with Crippen molar-refractivity contribution in [2.75, 3.05) is 14.1 Å². The Bertz CT molecular complexity index is 1200. The summed E-state index contributed by atoms with van der Waals surface area (Å²) in [6.07, 6.45) is 0. The number of halogens is 1. The van der Waals surface area contributed by atoms with Gasteiger partial charge in [0.15, 0.2) is 11.7 Å². The molecule has 1 atom stereocenters. The van der Waals surface area contributed by atoms with Crippen LogP contribution in [0.1, 0.15) is 21.3 Å². The molecule has 0 N–H and O–H groups in total. The highest BCUT2D eigenvalue weighted by Crippen LogP contribution is 2.29. The maximum absolute atomic E-state index is 12.9. The zero-order valence-electron chi connectivity index (χ0n) is 15.5. The highest BCUT2D eigenvalue weighted by molar-refractivity contribution is 7.89. The van der Waals surface area contributed by atoms with Gasteiger partial charge in [-0.25, -0.2) is 17.7 Å². The standard InChI is InChI=1S/C20H16ClN3O3S2/c1-24(2)29(26,27)16-5-3-4-14(10-16)19(25)17(11-22)20-23-18(12-28-20)13-6-8-15(21)9-7-13/h3-10,12,17H,1-2H3/t17-/m0/s1. The van der Waals surface area contributed by atoms with Gasteiger partial charge in [-0.15, -0.1) is 11.3 Å². The van der Waals surface area contributed by atoms with Gasteiger partial charge in [0.25, 0.3) is 0 Å². The number of benzene rings is 2. The van der Waals surface area contributed by atoms with Crippen LogP contribution < -0.4 is 0 Å². The van der Waals surface area contributed by atoms with Crippen molar-refractivity contribution in [1.29, 1.82) is 5.26 Å². The third-order valence-corrected chi connectivity index (χ3v) is 7.17. The molecule has 9 heteroatoms. The topological polar surface area (TPSA) is 91.1 Å². The predicted octanol–water partition coefficient (Wildman–Crippen LogP) is 4.20. The van der Waals surface area contributed by atoms with Crippen molar-refractivity contribution >= 4 is 38.7 Å². The molecule has 6 nitrogen and oxygen atoms in total. The monoisotopic (exact) mass is 445 g/mol. The minimum absolute atomic E-state index is 0.00830. The Morgan fingerprint density at radius 3 is 2.52 bits per heavy atom. The van der Waals surface area contributed by atoms with Crippen molar-refractivity contribution < 1.29 is 13.2 Å². The van der Waals surface area contributed by atoms with Gasteiger partial charge in [0.05, 0.1) is 16.7 Å². The largest absolute Gasteiger partial charge is 0.292 e. The lowest BCUT2D eigenvalue weighted by molar-refractivity contribution is 0.0978. The van der Waals surface area contributed by atoms with Gasteiger partial charge >= 0.3 is 0 Å². The van der Waals surface area contributed by atoms with Crippen molar-refractivity contribution in [2.45, 2.75) is 10.8 Å². The Morgan fingerprint density at radius 2 is 1.90 bits per heavy atom. The van der Waals surface area contributed by atoms with Crippen LogP contribution in [0.15, 0.2) is 58.8 Å². The molecule has 3 aromatic rings. The van der Waals surface area contributed by atoms with Gasteiger partial charge < -0.3 is 0 Å². The van der Waals surface area contributed by atoms with E-state index in [4.69, 9.17) is 11.6 Å². The first-order chi connectivity index (χ1) is 13.7. The molecule has 3 rings (SSSR count). The fourth-order valence-electron chi connectivity index (χ4n) is 2.59. The number of hydrogen-bond acceptors (Lipinski definition) is 6. The third kappa shape index (κ3) is 4.38. The van der Waals surface area contributed by atoms with Crippen LogP contribution in [-0.2, 0) is 10.0 Å². The average molecular weight is 446 g/mol. The van der Waals surface area contributed by atoms with Crippen LogP contribution in [0.5, 0.6) is 0 Å². The summed E-state index contributed by atoms with van der Waals surface area (Å²) >= 11 is 7.10. The molecule has 29 heavy (non-hydrogen) atoms. The van der Waals surface area contributed by atoms with Gasteiger partial charge in [0.2, 0.25) is 10.0 Å². The molecule has 0 saturated carbocycles. The van der Waals surface area contributed by atoms with Crippen LogP contribution in [-0.4, -0.2) is 37.6 Å². The average Bonchev–Trinajstić information content (AvgIpc) is 3.18. The number of ketones is 1. The van der Waals surface area contributed by atoms with E-state index in [2.05, 4.69) is 4.98 Å². The molecule has 1 aromatic heterocycles. The second-order valence-electron chi connectivity index (χ2n) is 6.32. The smallest absolute Gasteiger partial charge is 0.242 e. The molecular weight excluding hydrogens is 430 g/mol. The lowest BCUT2D eigenvalue weighted by Gasteiger charge is -2.12. The number of nitriles is 1. The zero-order valence-corrected chi connectivity index (χ0v) is 17.9. The van der Waals surface area contributed by atoms with Gasteiger partial charge in [-0.1, -0.05) is 35.9 Å². The number of nitrogens with zero attached hydrogens (tertiary/aromatic N) is 3. The van der Waals surface area contributed by atoms with E-state index in [9.17, 15) is 18.5 Å². The molecule has 2 aromatic carbocycles. The van der Waals surface area contributed by atoms with E-state index < -0.39 is 21.7 Å². The number of carbonyl (C=O) groups is 1. The first-order valence-corrected chi connectivity index (χ1v) is 11.1. The summed E-state index contributed by atoms with van der Waals surface area (Å²) in [5.74, 6) is -1.63. The van der Waals surface area contributed by atoms with E-state index in [1.165, 1.54) is 49.7 Å². The van der Waals surface area contributed by atoms with Crippen LogP contribution in [0.25, 0.3) is 11.3 Å². The minimum Gasteiger partial charge on any atom is -0.292 e. The molecule has 0 bridgehead atoms. The molecule has 0 aliphatic heterocycles. The second-order valence-corrected chi connectivity index (χ2v) is 9.80. The lowest BCUT2D eigenvalue weighted by Crippen LogP contribution is -2.22. The third-order valence-electron chi connectivity index (χ3n) is 4.20. The minimum atomic E-state index is -3.69. The molecule has 1 heterocycles. The van der Waals surface area contributed by atoms with E-state index in [-0.39, 0.29) is 10.5 Å². The number of carbonyl (C=O) groups excluding carboxylic acids is 1. The first-order valence-electron chi connectivity index (χ1n) is 8.42. The second kappa shape index (κ2) is 8.43. The van der Waals surface area contributed by atoms with Crippen molar-refractivity contribution in [2.24, 2.45) is 0 Å². The number of Topliss-reactive ketones (excluding diaryl/α,β-unsaturated/α-hetero) is 1. The Hall–Kier alpha value is -2.57. The molecule has 0 spiro atoms. The Balaban J connectivity index is 1.93. The normalized spacial score (nSPS) is 12.5. The summed E-state index contributed by atoms with van der Waals surface area (Å²) in [4.78, 5) is 17.4. The molecule has 148 valence electrons. The van der Waals surface area contributed by atoms with Gasteiger partial charge in [0.1, 0.15) is 5.01 Å². The molecule has 0 radical (unpaired) electrons. The van der Waals surface area contributed by atoms with Crippen molar-refractivity contribution in [3.05, 3.63) is 69.5 Å². The Morgan fingerprint density at radius 1 is 1.21 bits per heavy atom. The number of rotatable bonds is 6. The first kappa shape index (κ1) is 21.1. The van der Waals surface area contributed by atoms with Crippen molar-refractivity contribution in [1.82, 2.24) is 9.29 Å². The van der Waals surface area contributed by atoms with Crippen LogP contribution in [0.2, 0.25) is 5.02 Å². The Kier molecular flexibility index (Phi) is 6.15. The summed E-state index contributed by atoms with van der Waals surface area (Å²) in [7, 11) is -0.866. The van der Waals surface area contributed by atoms with E-state index >= 15 is 0 Å². The summed E-state index contributed by atoms with van der Waals surface area (Å²) in [5.41, 5.74) is 1.60. The van der Waals surface area contributed by atoms with Gasteiger partial charge in [0, 0.05) is 35.6 Å².